The third kappa shape index (κ3) is 5.57. The number of carboxylic acids is 1. The first-order chi connectivity index (χ1) is 15.0. The van der Waals surface area contributed by atoms with Crippen LogP contribution in [0.3, 0.4) is 0 Å². The molecule has 0 aromatic heterocycles. The molecule has 0 aliphatic heterocycles. The van der Waals surface area contributed by atoms with E-state index in [0.29, 0.717) is 17.6 Å². The Kier molecular flexibility index (Phi) is 6.79. The summed E-state index contributed by atoms with van der Waals surface area (Å²) in [6.45, 7) is 0.893. The molecule has 2 fully saturated rings. The molecule has 2 aliphatic rings. The molecule has 166 valence electrons. The van der Waals surface area contributed by atoms with Gasteiger partial charge in [0.1, 0.15) is 11.6 Å². The van der Waals surface area contributed by atoms with E-state index in [2.05, 4.69) is 23.5 Å². The normalized spacial score (nSPS) is 22.0. The summed E-state index contributed by atoms with van der Waals surface area (Å²) >= 11 is 0. The van der Waals surface area contributed by atoms with E-state index >= 15 is 0 Å². The summed E-state index contributed by atoms with van der Waals surface area (Å²) < 4.78 is 19.6. The Hall–Kier alpha value is -2.56. The number of anilines is 1. The van der Waals surface area contributed by atoms with Gasteiger partial charge < -0.3 is 15.2 Å². The quantitative estimate of drug-likeness (QED) is 0.503. The zero-order valence-corrected chi connectivity index (χ0v) is 18.1. The van der Waals surface area contributed by atoms with Gasteiger partial charge in [0.05, 0.1) is 13.5 Å². The first kappa shape index (κ1) is 21.7. The Morgan fingerprint density at radius 2 is 1.90 bits per heavy atom. The molecule has 5 heteroatoms. The highest BCUT2D eigenvalue weighted by molar-refractivity contribution is 5.68. The third-order valence-corrected chi connectivity index (χ3v) is 6.98. The van der Waals surface area contributed by atoms with Crippen molar-refractivity contribution in [1.82, 2.24) is 0 Å². The van der Waals surface area contributed by atoms with Crippen LogP contribution >= 0.6 is 0 Å². The standard InChI is InChI=1S/C26H32FNO3/c1-31-22-11-12-25(27)24(14-22)19-7-5-17(6-8-19)16-28-21-4-2-3-20(13-21)23(15-26(29)30)18-9-10-18/h2-4,11-14,17-19,23,28H,5-10,15-16H2,1H3,(H,29,30)/t17?,19?,23-/m0/s1. The zero-order chi connectivity index (χ0) is 21.8. The molecule has 2 saturated carbocycles. The average Bonchev–Trinajstić information content (AvgIpc) is 3.62. The van der Waals surface area contributed by atoms with Crippen LogP contribution in [0.2, 0.25) is 0 Å². The molecule has 0 saturated heterocycles. The molecule has 4 rings (SSSR count). The van der Waals surface area contributed by atoms with Crippen LogP contribution in [0.4, 0.5) is 10.1 Å². The van der Waals surface area contributed by atoms with Crippen molar-refractivity contribution in [2.75, 3.05) is 19.0 Å². The Bertz CT molecular complexity index is 903. The van der Waals surface area contributed by atoms with Gasteiger partial charge in [0.2, 0.25) is 0 Å². The number of hydrogen-bond acceptors (Lipinski definition) is 3. The van der Waals surface area contributed by atoms with E-state index in [0.717, 1.165) is 61.9 Å². The number of hydrogen-bond donors (Lipinski definition) is 2. The molecule has 0 unspecified atom stereocenters. The Morgan fingerprint density at radius 3 is 2.58 bits per heavy atom. The van der Waals surface area contributed by atoms with Crippen LogP contribution in [0.15, 0.2) is 42.5 Å². The largest absolute Gasteiger partial charge is 0.497 e. The van der Waals surface area contributed by atoms with Crippen LogP contribution in [0.5, 0.6) is 5.75 Å². The maximum atomic E-state index is 14.3. The summed E-state index contributed by atoms with van der Waals surface area (Å²) in [5.41, 5.74) is 2.98. The molecule has 2 aromatic carbocycles. The van der Waals surface area contributed by atoms with Crippen molar-refractivity contribution in [2.45, 2.75) is 56.8 Å². The summed E-state index contributed by atoms with van der Waals surface area (Å²) in [5, 5.41) is 12.8. The summed E-state index contributed by atoms with van der Waals surface area (Å²) in [4.78, 5) is 11.3. The number of benzene rings is 2. The molecule has 2 aromatic rings. The molecule has 2 aliphatic carbocycles. The van der Waals surface area contributed by atoms with Crippen LogP contribution in [-0.4, -0.2) is 24.7 Å². The molecule has 1 atom stereocenters. The monoisotopic (exact) mass is 425 g/mol. The van der Waals surface area contributed by atoms with Crippen molar-refractivity contribution in [3.05, 3.63) is 59.4 Å². The van der Waals surface area contributed by atoms with E-state index in [-0.39, 0.29) is 24.1 Å². The maximum Gasteiger partial charge on any atom is 0.303 e. The Morgan fingerprint density at radius 1 is 1.13 bits per heavy atom. The predicted molar refractivity (Wildman–Crippen MR) is 120 cm³/mol. The van der Waals surface area contributed by atoms with Crippen molar-refractivity contribution >= 4 is 11.7 Å². The first-order valence-electron chi connectivity index (χ1n) is 11.4. The number of halogens is 1. The molecule has 31 heavy (non-hydrogen) atoms. The number of aliphatic carboxylic acids is 1. The lowest BCUT2D eigenvalue weighted by Gasteiger charge is -2.29. The van der Waals surface area contributed by atoms with E-state index in [1.165, 1.54) is 6.07 Å². The minimum atomic E-state index is -0.723. The van der Waals surface area contributed by atoms with Gasteiger partial charge in [-0.2, -0.15) is 0 Å². The van der Waals surface area contributed by atoms with Crippen LogP contribution in [0, 0.1) is 17.7 Å². The van der Waals surface area contributed by atoms with Crippen molar-refractivity contribution in [1.29, 1.82) is 0 Å². The topological polar surface area (TPSA) is 58.6 Å². The van der Waals surface area contributed by atoms with Gasteiger partial charge in [0.25, 0.3) is 0 Å². The maximum absolute atomic E-state index is 14.3. The van der Waals surface area contributed by atoms with E-state index in [1.54, 1.807) is 13.2 Å². The molecule has 0 radical (unpaired) electrons. The Balaban J connectivity index is 1.31. The van der Waals surface area contributed by atoms with Crippen LogP contribution in [0.1, 0.15) is 67.9 Å². The van der Waals surface area contributed by atoms with Gasteiger partial charge in [-0.3, -0.25) is 4.79 Å². The minimum Gasteiger partial charge on any atom is -0.497 e. The molecule has 0 amide bonds. The van der Waals surface area contributed by atoms with Crippen LogP contribution < -0.4 is 10.1 Å². The number of carboxylic acid groups (broad SMARTS) is 1. The predicted octanol–water partition coefficient (Wildman–Crippen LogP) is 6.19. The second-order valence-electron chi connectivity index (χ2n) is 9.15. The lowest BCUT2D eigenvalue weighted by atomic mass is 9.78. The summed E-state index contributed by atoms with van der Waals surface area (Å²) in [7, 11) is 1.61. The lowest BCUT2D eigenvalue weighted by Crippen LogP contribution is -2.21. The fourth-order valence-electron chi connectivity index (χ4n) is 5.02. The molecule has 0 bridgehead atoms. The second kappa shape index (κ2) is 9.71. The van der Waals surface area contributed by atoms with Gasteiger partial charge in [0.15, 0.2) is 0 Å². The fourth-order valence-corrected chi connectivity index (χ4v) is 5.02. The highest BCUT2D eigenvalue weighted by Crippen LogP contribution is 2.45. The first-order valence-corrected chi connectivity index (χ1v) is 11.4. The summed E-state index contributed by atoms with van der Waals surface area (Å²) in [6.07, 6.45) is 6.57. The second-order valence-corrected chi connectivity index (χ2v) is 9.15. The lowest BCUT2D eigenvalue weighted by molar-refractivity contribution is -0.137. The van der Waals surface area contributed by atoms with Crippen molar-refractivity contribution in [3.8, 4) is 5.75 Å². The average molecular weight is 426 g/mol. The number of carbonyl (C=O) groups is 1. The highest BCUT2D eigenvalue weighted by Gasteiger charge is 2.33. The van der Waals surface area contributed by atoms with Gasteiger partial charge in [-0.25, -0.2) is 4.39 Å². The van der Waals surface area contributed by atoms with Crippen molar-refractivity contribution in [2.24, 2.45) is 11.8 Å². The summed E-state index contributed by atoms with van der Waals surface area (Å²) in [6, 6.07) is 13.3. The van der Waals surface area contributed by atoms with Crippen molar-refractivity contribution in [3.63, 3.8) is 0 Å². The number of methoxy groups -OCH3 is 1. The molecular formula is C26H32FNO3. The molecular weight excluding hydrogens is 393 g/mol. The third-order valence-electron chi connectivity index (χ3n) is 6.98. The molecule has 0 heterocycles. The van der Waals surface area contributed by atoms with E-state index < -0.39 is 5.97 Å². The molecule has 0 spiro atoms. The van der Waals surface area contributed by atoms with Crippen molar-refractivity contribution < 1.29 is 19.0 Å². The Labute approximate surface area is 183 Å². The molecule has 4 nitrogen and oxygen atoms in total. The van der Waals surface area contributed by atoms with Crippen LogP contribution in [-0.2, 0) is 4.79 Å². The fraction of sp³-hybridized carbons (Fsp3) is 0.500. The zero-order valence-electron chi connectivity index (χ0n) is 18.1. The SMILES string of the molecule is COc1ccc(F)c(C2CCC(CNc3cccc([C@@H](CC(=O)O)C4CC4)c3)CC2)c1. The van der Waals surface area contributed by atoms with Gasteiger partial charge in [-0.15, -0.1) is 0 Å². The van der Waals surface area contributed by atoms with E-state index in [4.69, 9.17) is 4.74 Å². The highest BCUT2D eigenvalue weighted by atomic mass is 19.1. The van der Waals surface area contributed by atoms with Gasteiger partial charge in [-0.05, 0) is 104 Å². The van der Waals surface area contributed by atoms with Gasteiger partial charge in [0, 0.05) is 12.2 Å². The van der Waals surface area contributed by atoms with Crippen LogP contribution in [0.25, 0.3) is 0 Å². The van der Waals surface area contributed by atoms with Gasteiger partial charge >= 0.3 is 5.97 Å². The minimum absolute atomic E-state index is 0.118. The number of nitrogens with one attached hydrogen (secondary N) is 1. The molecule has 2 N–H and O–H groups in total. The number of rotatable bonds is 9. The number of ether oxygens (including phenoxy) is 1. The van der Waals surface area contributed by atoms with Gasteiger partial charge in [-0.1, -0.05) is 12.1 Å². The van der Waals surface area contributed by atoms with E-state index in [9.17, 15) is 14.3 Å². The smallest absolute Gasteiger partial charge is 0.303 e. The summed E-state index contributed by atoms with van der Waals surface area (Å²) in [5.74, 6) is 1.31. The van der Waals surface area contributed by atoms with E-state index in [1.807, 2.05) is 12.1 Å².